The number of hydrogen-bond donors (Lipinski definition) is 1. The second kappa shape index (κ2) is 7.24. The molecule has 1 saturated heterocycles. The van der Waals surface area contributed by atoms with E-state index in [-0.39, 0.29) is 0 Å². The highest BCUT2D eigenvalue weighted by Crippen LogP contribution is 2.31. The molecular weight excluding hydrogens is 246 g/mol. The summed E-state index contributed by atoms with van der Waals surface area (Å²) < 4.78 is 0. The van der Waals surface area contributed by atoms with Gasteiger partial charge in [-0.2, -0.15) is 0 Å². The Balaban J connectivity index is 1.48. The Bertz CT molecular complexity index is 274. The summed E-state index contributed by atoms with van der Waals surface area (Å²) >= 11 is 0. The molecule has 3 aliphatic rings. The maximum Gasteiger partial charge on any atom is 0.0247 e. The van der Waals surface area contributed by atoms with Gasteiger partial charge in [-0.15, -0.1) is 0 Å². The van der Waals surface area contributed by atoms with E-state index < -0.39 is 0 Å². The van der Waals surface area contributed by atoms with Crippen molar-refractivity contribution in [1.82, 2.24) is 9.80 Å². The van der Waals surface area contributed by atoms with Crippen LogP contribution < -0.4 is 5.73 Å². The Labute approximate surface area is 124 Å². The van der Waals surface area contributed by atoms with Crippen molar-refractivity contribution in [3.8, 4) is 0 Å². The lowest BCUT2D eigenvalue weighted by Gasteiger charge is -2.42. The van der Waals surface area contributed by atoms with Gasteiger partial charge in [-0.1, -0.05) is 25.7 Å². The van der Waals surface area contributed by atoms with Crippen molar-refractivity contribution < 1.29 is 0 Å². The minimum Gasteiger partial charge on any atom is -0.329 e. The van der Waals surface area contributed by atoms with Gasteiger partial charge in [-0.3, -0.25) is 4.90 Å². The van der Waals surface area contributed by atoms with Gasteiger partial charge in [-0.05, 0) is 37.5 Å². The van der Waals surface area contributed by atoms with E-state index >= 15 is 0 Å². The van der Waals surface area contributed by atoms with Gasteiger partial charge in [0.05, 0.1) is 0 Å². The van der Waals surface area contributed by atoms with E-state index in [0.717, 1.165) is 18.4 Å². The lowest BCUT2D eigenvalue weighted by molar-refractivity contribution is 0.0663. The highest BCUT2D eigenvalue weighted by atomic mass is 15.3. The second-order valence-electron chi connectivity index (χ2n) is 7.33. The van der Waals surface area contributed by atoms with E-state index in [1.54, 1.807) is 0 Å². The molecule has 2 N–H and O–H groups in total. The highest BCUT2D eigenvalue weighted by Gasteiger charge is 2.31. The molecule has 0 bridgehead atoms. The van der Waals surface area contributed by atoms with Gasteiger partial charge in [0.2, 0.25) is 0 Å². The molecule has 0 spiro atoms. The Morgan fingerprint density at radius 3 is 2.05 bits per heavy atom. The van der Waals surface area contributed by atoms with Gasteiger partial charge in [-0.25, -0.2) is 0 Å². The molecule has 116 valence electrons. The maximum atomic E-state index is 6.16. The third-order valence-electron chi connectivity index (χ3n) is 5.77. The van der Waals surface area contributed by atoms with Crippen LogP contribution in [-0.4, -0.2) is 55.1 Å². The van der Waals surface area contributed by atoms with Crippen LogP contribution in [0.4, 0.5) is 0 Å². The molecule has 2 aliphatic carbocycles. The summed E-state index contributed by atoms with van der Waals surface area (Å²) in [6, 6.07) is 0.663. The molecule has 0 aromatic carbocycles. The highest BCUT2D eigenvalue weighted by molar-refractivity contribution is 4.86. The van der Waals surface area contributed by atoms with Gasteiger partial charge >= 0.3 is 0 Å². The fourth-order valence-corrected chi connectivity index (χ4v) is 4.28. The molecule has 0 amide bonds. The summed E-state index contributed by atoms with van der Waals surface area (Å²) in [6.45, 7) is 7.30. The molecule has 20 heavy (non-hydrogen) atoms. The standard InChI is InChI=1S/C17H33N3/c18-13-17(16-5-3-1-2-4-6-16)20-11-9-19(10-12-20)14-15-7-8-15/h15-17H,1-14,18H2. The van der Waals surface area contributed by atoms with Crippen LogP contribution in [0.15, 0.2) is 0 Å². The predicted octanol–water partition coefficient (Wildman–Crippen LogP) is 2.31. The monoisotopic (exact) mass is 279 g/mol. The van der Waals surface area contributed by atoms with E-state index in [0.29, 0.717) is 6.04 Å². The first-order chi connectivity index (χ1) is 9.86. The van der Waals surface area contributed by atoms with Crippen LogP contribution in [0.5, 0.6) is 0 Å². The topological polar surface area (TPSA) is 32.5 Å². The number of hydrogen-bond acceptors (Lipinski definition) is 3. The largest absolute Gasteiger partial charge is 0.329 e. The van der Waals surface area contributed by atoms with Crippen molar-refractivity contribution in [2.45, 2.75) is 57.4 Å². The molecule has 3 rings (SSSR count). The van der Waals surface area contributed by atoms with Gasteiger partial charge in [0.25, 0.3) is 0 Å². The molecule has 3 nitrogen and oxygen atoms in total. The second-order valence-corrected chi connectivity index (χ2v) is 7.33. The minimum atomic E-state index is 0.663. The molecule has 3 heteroatoms. The van der Waals surface area contributed by atoms with Crippen molar-refractivity contribution in [2.24, 2.45) is 17.6 Å². The molecular formula is C17H33N3. The smallest absolute Gasteiger partial charge is 0.0247 e. The summed E-state index contributed by atoms with van der Waals surface area (Å²) in [4.78, 5) is 5.41. The Hall–Kier alpha value is -0.120. The average molecular weight is 279 g/mol. The van der Waals surface area contributed by atoms with E-state index in [2.05, 4.69) is 9.80 Å². The fourth-order valence-electron chi connectivity index (χ4n) is 4.28. The zero-order chi connectivity index (χ0) is 13.8. The van der Waals surface area contributed by atoms with E-state index in [9.17, 15) is 0 Å². The molecule has 0 aromatic heterocycles. The van der Waals surface area contributed by atoms with Crippen molar-refractivity contribution in [3.63, 3.8) is 0 Å². The molecule has 2 saturated carbocycles. The van der Waals surface area contributed by atoms with Crippen molar-refractivity contribution in [3.05, 3.63) is 0 Å². The Morgan fingerprint density at radius 1 is 0.850 bits per heavy atom. The Morgan fingerprint density at radius 2 is 1.50 bits per heavy atom. The van der Waals surface area contributed by atoms with Crippen molar-refractivity contribution >= 4 is 0 Å². The average Bonchev–Trinajstić information content (AvgIpc) is 3.29. The summed E-state index contributed by atoms with van der Waals surface area (Å²) in [7, 11) is 0. The molecule has 1 unspecified atom stereocenters. The maximum absolute atomic E-state index is 6.16. The molecule has 0 radical (unpaired) electrons. The van der Waals surface area contributed by atoms with Crippen molar-refractivity contribution in [1.29, 1.82) is 0 Å². The first-order valence-corrected chi connectivity index (χ1v) is 9.03. The summed E-state index contributed by atoms with van der Waals surface area (Å²) in [6.07, 6.45) is 11.6. The van der Waals surface area contributed by atoms with Crippen molar-refractivity contribution in [2.75, 3.05) is 39.3 Å². The summed E-state index contributed by atoms with van der Waals surface area (Å²) in [5.74, 6) is 1.91. The number of rotatable bonds is 5. The van der Waals surface area contributed by atoms with E-state index in [1.165, 1.54) is 84.1 Å². The van der Waals surface area contributed by atoms with E-state index in [1.807, 2.05) is 0 Å². The van der Waals surface area contributed by atoms with Crippen LogP contribution in [-0.2, 0) is 0 Å². The lowest BCUT2D eigenvalue weighted by atomic mass is 9.90. The molecule has 1 atom stereocenters. The number of piperazine rings is 1. The van der Waals surface area contributed by atoms with Gasteiger partial charge in [0, 0.05) is 45.3 Å². The predicted molar refractivity (Wildman–Crippen MR) is 84.8 cm³/mol. The summed E-state index contributed by atoms with van der Waals surface area (Å²) in [5.41, 5.74) is 6.16. The third-order valence-corrected chi connectivity index (χ3v) is 5.77. The Kier molecular flexibility index (Phi) is 5.36. The fraction of sp³-hybridized carbons (Fsp3) is 1.00. The van der Waals surface area contributed by atoms with Crippen LogP contribution in [0.3, 0.4) is 0 Å². The zero-order valence-corrected chi connectivity index (χ0v) is 13.1. The molecule has 0 aromatic rings. The van der Waals surface area contributed by atoms with Crippen LogP contribution in [0.25, 0.3) is 0 Å². The van der Waals surface area contributed by atoms with Crippen LogP contribution in [0.1, 0.15) is 51.4 Å². The molecule has 1 aliphatic heterocycles. The van der Waals surface area contributed by atoms with Gasteiger partial charge in [0.1, 0.15) is 0 Å². The zero-order valence-electron chi connectivity index (χ0n) is 13.1. The SMILES string of the molecule is NCC(C1CCCCCC1)N1CCN(CC2CC2)CC1. The van der Waals surface area contributed by atoms with Gasteiger partial charge in [0.15, 0.2) is 0 Å². The normalized spacial score (nSPS) is 29.2. The van der Waals surface area contributed by atoms with Crippen LogP contribution in [0, 0.1) is 11.8 Å². The minimum absolute atomic E-state index is 0.663. The van der Waals surface area contributed by atoms with Crippen LogP contribution in [0.2, 0.25) is 0 Å². The van der Waals surface area contributed by atoms with E-state index in [4.69, 9.17) is 5.73 Å². The quantitative estimate of drug-likeness (QED) is 0.784. The molecule has 1 heterocycles. The summed E-state index contributed by atoms with van der Waals surface area (Å²) in [5, 5.41) is 0. The third kappa shape index (κ3) is 3.96. The first-order valence-electron chi connectivity index (χ1n) is 9.03. The number of nitrogens with zero attached hydrogens (tertiary/aromatic N) is 2. The lowest BCUT2D eigenvalue weighted by Crippen LogP contribution is -2.54. The molecule has 3 fully saturated rings. The first kappa shape index (κ1) is 14.8. The number of nitrogens with two attached hydrogens (primary N) is 1. The van der Waals surface area contributed by atoms with Gasteiger partial charge < -0.3 is 10.6 Å². The van der Waals surface area contributed by atoms with Crippen LogP contribution >= 0.6 is 0 Å².